The van der Waals surface area contributed by atoms with Crippen molar-refractivity contribution in [2.24, 2.45) is 0 Å². The molecule has 17 heavy (non-hydrogen) atoms. The molecule has 3 nitrogen and oxygen atoms in total. The van der Waals surface area contributed by atoms with E-state index in [-0.39, 0.29) is 17.5 Å². The van der Waals surface area contributed by atoms with Gasteiger partial charge in [0.25, 0.3) is 0 Å². The Morgan fingerprint density at radius 2 is 2.18 bits per heavy atom. The third kappa shape index (κ3) is 5.84. The van der Waals surface area contributed by atoms with Crippen molar-refractivity contribution in [1.29, 1.82) is 0 Å². The smallest absolute Gasteiger partial charge is 0.221 e. The van der Waals surface area contributed by atoms with Crippen molar-refractivity contribution in [2.45, 2.75) is 45.7 Å². The van der Waals surface area contributed by atoms with Gasteiger partial charge in [0, 0.05) is 18.5 Å². The second kappa shape index (κ2) is 6.17. The van der Waals surface area contributed by atoms with E-state index < -0.39 is 0 Å². The van der Waals surface area contributed by atoms with Crippen LogP contribution >= 0.6 is 11.3 Å². The van der Waals surface area contributed by atoms with Crippen LogP contribution in [0.2, 0.25) is 0 Å². The number of rotatable bonds is 5. The lowest BCUT2D eigenvalue weighted by Crippen LogP contribution is -2.38. The minimum absolute atomic E-state index is 0.0687. The molecule has 0 saturated heterocycles. The molecule has 0 aliphatic heterocycles. The number of hydrogen-bond donors (Lipinski definition) is 2. The fourth-order valence-corrected chi connectivity index (χ4v) is 2.22. The van der Waals surface area contributed by atoms with Crippen LogP contribution in [0.5, 0.6) is 0 Å². The first-order valence-electron chi connectivity index (χ1n) is 5.95. The summed E-state index contributed by atoms with van der Waals surface area (Å²) in [6, 6.07) is 2.15. The molecular weight excluding hydrogens is 232 g/mol. The molecule has 2 N–H and O–H groups in total. The van der Waals surface area contributed by atoms with Gasteiger partial charge in [0.15, 0.2) is 0 Å². The van der Waals surface area contributed by atoms with Gasteiger partial charge in [-0.3, -0.25) is 4.79 Å². The maximum absolute atomic E-state index is 11.7. The fraction of sp³-hybridized carbons (Fsp3) is 0.615. The quantitative estimate of drug-likeness (QED) is 0.848. The molecular formula is C13H22N2OS. The van der Waals surface area contributed by atoms with Crippen molar-refractivity contribution in [3.05, 3.63) is 22.4 Å². The van der Waals surface area contributed by atoms with Crippen LogP contribution in [-0.4, -0.2) is 18.0 Å². The minimum atomic E-state index is 0.0687. The average Bonchev–Trinajstić information content (AvgIpc) is 2.67. The summed E-state index contributed by atoms with van der Waals surface area (Å²) >= 11 is 1.65. The molecule has 0 bridgehead atoms. The Morgan fingerprint density at radius 3 is 2.71 bits per heavy atom. The molecule has 0 aliphatic rings. The van der Waals surface area contributed by atoms with Gasteiger partial charge in [0.05, 0.1) is 6.04 Å². The summed E-state index contributed by atoms with van der Waals surface area (Å²) in [4.78, 5) is 11.7. The summed E-state index contributed by atoms with van der Waals surface area (Å²) in [6.45, 7) is 9.01. The number of amides is 1. The second-order valence-electron chi connectivity index (χ2n) is 5.27. The van der Waals surface area contributed by atoms with Crippen molar-refractivity contribution >= 4 is 17.2 Å². The highest BCUT2D eigenvalue weighted by atomic mass is 32.1. The summed E-state index contributed by atoms with van der Waals surface area (Å²) in [6.07, 6.45) is 0.520. The molecule has 4 heteroatoms. The highest BCUT2D eigenvalue weighted by Crippen LogP contribution is 2.15. The number of thiophene rings is 1. The van der Waals surface area contributed by atoms with Crippen LogP contribution in [0, 0.1) is 0 Å². The van der Waals surface area contributed by atoms with E-state index in [4.69, 9.17) is 0 Å². The molecule has 0 fully saturated rings. The molecule has 0 aliphatic carbocycles. The molecule has 1 amide bonds. The van der Waals surface area contributed by atoms with E-state index in [9.17, 15) is 4.79 Å². The van der Waals surface area contributed by atoms with E-state index in [0.29, 0.717) is 13.0 Å². The monoisotopic (exact) mass is 254 g/mol. The van der Waals surface area contributed by atoms with Crippen molar-refractivity contribution in [3.63, 3.8) is 0 Å². The standard InChI is InChI=1S/C13H22N2OS/c1-10(11-6-8-17-9-11)15-12(16)5-7-14-13(2,3)4/h6,8-10,14H,5,7H2,1-4H3,(H,15,16). The summed E-state index contributed by atoms with van der Waals surface area (Å²) in [7, 11) is 0. The lowest BCUT2D eigenvalue weighted by molar-refractivity contribution is -0.121. The lowest BCUT2D eigenvalue weighted by Gasteiger charge is -2.20. The third-order valence-corrected chi connectivity index (χ3v) is 3.13. The van der Waals surface area contributed by atoms with Crippen LogP contribution in [0.4, 0.5) is 0 Å². The van der Waals surface area contributed by atoms with E-state index in [1.54, 1.807) is 11.3 Å². The van der Waals surface area contributed by atoms with Gasteiger partial charge in [0.1, 0.15) is 0 Å². The van der Waals surface area contributed by atoms with Gasteiger partial charge in [-0.1, -0.05) is 0 Å². The second-order valence-corrected chi connectivity index (χ2v) is 6.05. The third-order valence-electron chi connectivity index (χ3n) is 2.43. The predicted molar refractivity (Wildman–Crippen MR) is 73.2 cm³/mol. The number of carbonyl (C=O) groups is 1. The zero-order valence-electron chi connectivity index (χ0n) is 11.0. The van der Waals surface area contributed by atoms with Gasteiger partial charge in [-0.2, -0.15) is 11.3 Å². The molecule has 1 aromatic heterocycles. The molecule has 1 aromatic rings. The Labute approximate surface area is 108 Å². The van der Waals surface area contributed by atoms with E-state index in [0.717, 1.165) is 0 Å². The summed E-state index contributed by atoms with van der Waals surface area (Å²) in [5, 5.41) is 10.4. The number of nitrogens with one attached hydrogen (secondary N) is 2. The summed E-state index contributed by atoms with van der Waals surface area (Å²) in [5.74, 6) is 0.0976. The predicted octanol–water partition coefficient (Wildman–Crippen LogP) is 2.70. The van der Waals surface area contributed by atoms with Gasteiger partial charge in [-0.25, -0.2) is 0 Å². The highest BCUT2D eigenvalue weighted by Gasteiger charge is 2.12. The topological polar surface area (TPSA) is 41.1 Å². The lowest BCUT2D eigenvalue weighted by atomic mass is 10.1. The first-order chi connectivity index (χ1) is 7.88. The first-order valence-corrected chi connectivity index (χ1v) is 6.89. The zero-order chi connectivity index (χ0) is 12.9. The number of carbonyl (C=O) groups excluding carboxylic acids is 1. The van der Waals surface area contributed by atoms with Gasteiger partial charge in [-0.15, -0.1) is 0 Å². The maximum Gasteiger partial charge on any atom is 0.221 e. The van der Waals surface area contributed by atoms with Crippen LogP contribution in [-0.2, 0) is 4.79 Å². The molecule has 1 heterocycles. The van der Waals surface area contributed by atoms with Crippen molar-refractivity contribution in [3.8, 4) is 0 Å². The van der Waals surface area contributed by atoms with Crippen LogP contribution in [0.1, 0.15) is 45.7 Å². The van der Waals surface area contributed by atoms with Crippen LogP contribution in [0.25, 0.3) is 0 Å². The van der Waals surface area contributed by atoms with Gasteiger partial charge in [-0.05, 0) is 50.1 Å². The summed E-state index contributed by atoms with van der Waals surface area (Å²) < 4.78 is 0. The summed E-state index contributed by atoms with van der Waals surface area (Å²) in [5.41, 5.74) is 1.24. The van der Waals surface area contributed by atoms with Crippen LogP contribution in [0.15, 0.2) is 16.8 Å². The van der Waals surface area contributed by atoms with E-state index in [2.05, 4.69) is 36.8 Å². The molecule has 96 valence electrons. The van der Waals surface area contributed by atoms with E-state index >= 15 is 0 Å². The Bertz CT molecular complexity index is 341. The molecule has 0 saturated carbocycles. The molecule has 1 atom stereocenters. The van der Waals surface area contributed by atoms with Gasteiger partial charge >= 0.3 is 0 Å². The molecule has 1 unspecified atom stereocenters. The minimum Gasteiger partial charge on any atom is -0.350 e. The van der Waals surface area contributed by atoms with Crippen LogP contribution in [0.3, 0.4) is 0 Å². The van der Waals surface area contributed by atoms with E-state index in [1.165, 1.54) is 5.56 Å². The van der Waals surface area contributed by atoms with Crippen molar-refractivity contribution in [1.82, 2.24) is 10.6 Å². The molecule has 0 aromatic carbocycles. The Balaban J connectivity index is 2.26. The van der Waals surface area contributed by atoms with Gasteiger partial charge in [0.2, 0.25) is 5.91 Å². The Morgan fingerprint density at radius 1 is 1.47 bits per heavy atom. The van der Waals surface area contributed by atoms with Crippen LogP contribution < -0.4 is 10.6 Å². The molecule has 0 spiro atoms. The fourth-order valence-electron chi connectivity index (χ4n) is 1.47. The molecule has 1 rings (SSSR count). The molecule has 0 radical (unpaired) electrons. The zero-order valence-corrected chi connectivity index (χ0v) is 11.9. The first kappa shape index (κ1) is 14.2. The maximum atomic E-state index is 11.7. The Hall–Kier alpha value is -0.870. The average molecular weight is 254 g/mol. The normalized spacial score (nSPS) is 13.4. The van der Waals surface area contributed by atoms with Gasteiger partial charge < -0.3 is 10.6 Å². The number of hydrogen-bond acceptors (Lipinski definition) is 3. The van der Waals surface area contributed by atoms with Crippen molar-refractivity contribution < 1.29 is 4.79 Å². The van der Waals surface area contributed by atoms with E-state index in [1.807, 2.05) is 18.4 Å². The SMILES string of the molecule is CC(NC(=O)CCNC(C)(C)C)c1ccsc1. The largest absolute Gasteiger partial charge is 0.350 e. The Kier molecular flexibility index (Phi) is 5.15. The highest BCUT2D eigenvalue weighted by molar-refractivity contribution is 7.07. The van der Waals surface area contributed by atoms with Crippen molar-refractivity contribution in [2.75, 3.05) is 6.54 Å².